The van der Waals surface area contributed by atoms with Crippen molar-refractivity contribution in [2.45, 2.75) is 13.0 Å². The van der Waals surface area contributed by atoms with Gasteiger partial charge in [-0.3, -0.25) is 9.79 Å². The van der Waals surface area contributed by atoms with Crippen molar-refractivity contribution in [2.75, 3.05) is 27.7 Å². The number of guanidine groups is 1. The lowest BCUT2D eigenvalue weighted by atomic mass is 10.1. The van der Waals surface area contributed by atoms with Gasteiger partial charge in [-0.15, -0.1) is 24.0 Å². The zero-order valence-electron chi connectivity index (χ0n) is 14.8. The van der Waals surface area contributed by atoms with Crippen LogP contribution in [0.3, 0.4) is 0 Å². The smallest absolute Gasteiger partial charge is 0.253 e. The Morgan fingerprint density at radius 1 is 1.16 bits per heavy atom. The second kappa shape index (κ2) is 10.8. The fourth-order valence-corrected chi connectivity index (χ4v) is 2.19. The highest BCUT2D eigenvalue weighted by molar-refractivity contribution is 14.0. The number of hydrogen-bond acceptors (Lipinski definition) is 3. The van der Waals surface area contributed by atoms with E-state index in [4.69, 9.17) is 4.42 Å². The van der Waals surface area contributed by atoms with E-state index >= 15 is 0 Å². The van der Waals surface area contributed by atoms with Crippen LogP contribution in [0, 0.1) is 0 Å². The number of nitrogens with zero attached hydrogens (tertiary/aromatic N) is 2. The molecule has 0 aliphatic heterocycles. The molecule has 7 heteroatoms. The Morgan fingerprint density at radius 2 is 1.88 bits per heavy atom. The number of nitrogens with one attached hydrogen (secondary N) is 2. The van der Waals surface area contributed by atoms with Crippen molar-refractivity contribution >= 4 is 35.8 Å². The molecule has 1 aromatic heterocycles. The van der Waals surface area contributed by atoms with Crippen LogP contribution in [-0.2, 0) is 13.0 Å². The minimum absolute atomic E-state index is 0. The highest BCUT2D eigenvalue weighted by Crippen LogP contribution is 2.06. The van der Waals surface area contributed by atoms with E-state index in [1.165, 1.54) is 0 Å². The Balaban J connectivity index is 0.00000312. The number of furan rings is 1. The van der Waals surface area contributed by atoms with Gasteiger partial charge in [0.15, 0.2) is 5.96 Å². The van der Waals surface area contributed by atoms with Crippen LogP contribution in [0.25, 0.3) is 0 Å². The Hall–Kier alpha value is -2.03. The first kappa shape index (κ1) is 21.0. The van der Waals surface area contributed by atoms with Gasteiger partial charge in [0.2, 0.25) is 0 Å². The van der Waals surface area contributed by atoms with Crippen molar-refractivity contribution in [1.29, 1.82) is 0 Å². The Bertz CT molecular complexity index is 667. The molecule has 136 valence electrons. The third kappa shape index (κ3) is 6.77. The quantitative estimate of drug-likeness (QED) is 0.398. The highest BCUT2D eigenvalue weighted by atomic mass is 127. The van der Waals surface area contributed by atoms with E-state index in [1.54, 1.807) is 32.3 Å². The molecule has 6 nitrogen and oxygen atoms in total. The van der Waals surface area contributed by atoms with Crippen LogP contribution in [0.5, 0.6) is 0 Å². The Labute approximate surface area is 165 Å². The van der Waals surface area contributed by atoms with E-state index in [0.29, 0.717) is 12.1 Å². The molecular weight excluding hydrogens is 431 g/mol. The minimum atomic E-state index is 0. The van der Waals surface area contributed by atoms with Gasteiger partial charge in [0.1, 0.15) is 5.76 Å². The van der Waals surface area contributed by atoms with Crippen LogP contribution in [-0.4, -0.2) is 44.5 Å². The molecule has 0 saturated carbocycles. The fourth-order valence-electron chi connectivity index (χ4n) is 2.19. The van der Waals surface area contributed by atoms with Crippen LogP contribution in [0.4, 0.5) is 0 Å². The molecule has 0 spiro atoms. The van der Waals surface area contributed by atoms with E-state index < -0.39 is 0 Å². The van der Waals surface area contributed by atoms with E-state index in [-0.39, 0.29) is 29.9 Å². The van der Waals surface area contributed by atoms with Gasteiger partial charge >= 0.3 is 0 Å². The average molecular weight is 456 g/mol. The lowest BCUT2D eigenvalue weighted by molar-refractivity contribution is 0.0827. The van der Waals surface area contributed by atoms with Crippen molar-refractivity contribution in [1.82, 2.24) is 15.5 Å². The molecule has 0 atom stereocenters. The van der Waals surface area contributed by atoms with E-state index in [2.05, 4.69) is 15.6 Å². The summed E-state index contributed by atoms with van der Waals surface area (Å²) in [5.74, 6) is 1.68. The van der Waals surface area contributed by atoms with E-state index in [1.807, 2.05) is 36.4 Å². The summed E-state index contributed by atoms with van der Waals surface area (Å²) < 4.78 is 5.29. The number of rotatable bonds is 6. The zero-order valence-corrected chi connectivity index (χ0v) is 17.1. The van der Waals surface area contributed by atoms with Crippen LogP contribution >= 0.6 is 24.0 Å². The molecule has 1 aromatic carbocycles. The molecule has 0 saturated heterocycles. The first-order valence-electron chi connectivity index (χ1n) is 7.87. The fraction of sp³-hybridized carbons (Fsp3) is 0.333. The lowest BCUT2D eigenvalue weighted by Crippen LogP contribution is -2.37. The summed E-state index contributed by atoms with van der Waals surface area (Å²) in [4.78, 5) is 17.6. The van der Waals surface area contributed by atoms with Gasteiger partial charge in [-0.25, -0.2) is 0 Å². The molecule has 0 unspecified atom stereocenters. The molecule has 0 fully saturated rings. The maximum Gasteiger partial charge on any atom is 0.253 e. The number of carbonyl (C=O) groups excluding carboxylic acids is 1. The summed E-state index contributed by atoms with van der Waals surface area (Å²) in [7, 11) is 5.23. The first-order valence-corrected chi connectivity index (χ1v) is 7.87. The summed E-state index contributed by atoms with van der Waals surface area (Å²) in [5.41, 5.74) is 1.77. The molecule has 2 aromatic rings. The van der Waals surface area contributed by atoms with Crippen molar-refractivity contribution in [3.63, 3.8) is 0 Å². The summed E-state index contributed by atoms with van der Waals surface area (Å²) in [6.45, 7) is 1.38. The van der Waals surface area contributed by atoms with Crippen molar-refractivity contribution in [2.24, 2.45) is 4.99 Å². The number of hydrogen-bond donors (Lipinski definition) is 2. The van der Waals surface area contributed by atoms with E-state index in [0.717, 1.165) is 30.2 Å². The van der Waals surface area contributed by atoms with Gasteiger partial charge in [0.25, 0.3) is 5.91 Å². The normalized spacial score (nSPS) is 10.8. The minimum Gasteiger partial charge on any atom is -0.469 e. The first-order chi connectivity index (χ1) is 11.6. The third-order valence-corrected chi connectivity index (χ3v) is 3.53. The predicted octanol–water partition coefficient (Wildman–Crippen LogP) is 2.51. The Morgan fingerprint density at radius 3 is 2.44 bits per heavy atom. The summed E-state index contributed by atoms with van der Waals surface area (Å²) in [6.07, 6.45) is 2.47. The number of benzene rings is 1. The predicted molar refractivity (Wildman–Crippen MR) is 110 cm³/mol. The standard InChI is InChI=1S/C18H24N4O2.HI/c1-19-18(20-11-10-16-5-4-12-24-16)21-13-14-6-8-15(9-7-14)17(23)22(2)3;/h4-9,12H,10-11,13H2,1-3H3,(H2,19,20,21);1H. The molecule has 0 aliphatic carbocycles. The SMILES string of the molecule is CN=C(NCCc1ccco1)NCc1ccc(C(=O)N(C)C)cc1.I. The highest BCUT2D eigenvalue weighted by Gasteiger charge is 2.07. The van der Waals surface area contributed by atoms with Gasteiger partial charge in [-0.05, 0) is 29.8 Å². The topological polar surface area (TPSA) is 69.9 Å². The summed E-state index contributed by atoms with van der Waals surface area (Å²) in [5, 5.41) is 6.49. The van der Waals surface area contributed by atoms with Crippen LogP contribution in [0.2, 0.25) is 0 Å². The molecule has 0 radical (unpaired) electrons. The van der Waals surface area contributed by atoms with E-state index in [9.17, 15) is 4.79 Å². The second-order valence-electron chi connectivity index (χ2n) is 5.58. The van der Waals surface area contributed by atoms with Gasteiger partial charge in [-0.1, -0.05) is 12.1 Å². The molecule has 1 amide bonds. The van der Waals surface area contributed by atoms with Gasteiger partial charge in [0, 0.05) is 46.2 Å². The van der Waals surface area contributed by atoms with Gasteiger partial charge < -0.3 is 20.0 Å². The Kier molecular flexibility index (Phi) is 9.04. The van der Waals surface area contributed by atoms with Crippen LogP contribution in [0.15, 0.2) is 52.1 Å². The maximum atomic E-state index is 11.9. The number of carbonyl (C=O) groups is 1. The average Bonchev–Trinajstić information content (AvgIpc) is 3.11. The molecule has 0 aliphatic rings. The maximum absolute atomic E-state index is 11.9. The molecule has 1 heterocycles. The lowest BCUT2D eigenvalue weighted by Gasteiger charge is -2.13. The molecular formula is C18H25IN4O2. The van der Waals surface area contributed by atoms with Crippen molar-refractivity contribution in [3.05, 3.63) is 59.5 Å². The van der Waals surface area contributed by atoms with Crippen LogP contribution < -0.4 is 10.6 Å². The summed E-state index contributed by atoms with van der Waals surface area (Å²) in [6, 6.07) is 11.4. The van der Waals surface area contributed by atoms with Gasteiger partial charge in [-0.2, -0.15) is 0 Å². The number of aliphatic imine (C=N–C) groups is 1. The van der Waals surface area contributed by atoms with Crippen LogP contribution in [0.1, 0.15) is 21.7 Å². The van der Waals surface area contributed by atoms with Gasteiger partial charge in [0.05, 0.1) is 6.26 Å². The molecule has 0 bridgehead atoms. The van der Waals surface area contributed by atoms with Crippen molar-refractivity contribution < 1.29 is 9.21 Å². The molecule has 2 N–H and O–H groups in total. The molecule has 25 heavy (non-hydrogen) atoms. The number of amides is 1. The van der Waals surface area contributed by atoms with Crippen molar-refractivity contribution in [3.8, 4) is 0 Å². The third-order valence-electron chi connectivity index (χ3n) is 3.53. The summed E-state index contributed by atoms with van der Waals surface area (Å²) >= 11 is 0. The second-order valence-corrected chi connectivity index (χ2v) is 5.58. The number of halogens is 1. The monoisotopic (exact) mass is 456 g/mol. The zero-order chi connectivity index (χ0) is 17.4. The largest absolute Gasteiger partial charge is 0.469 e. The molecule has 2 rings (SSSR count).